The highest BCUT2D eigenvalue weighted by atomic mass is 19.4. The lowest BCUT2D eigenvalue weighted by Gasteiger charge is -2.59. The third kappa shape index (κ3) is 3.92. The molecule has 2 aromatic rings. The maximum absolute atomic E-state index is 15.1. The largest absolute Gasteiger partial charge is 0.456 e. The predicted octanol–water partition coefficient (Wildman–Crippen LogP) is 8.26. The van der Waals surface area contributed by atoms with E-state index in [4.69, 9.17) is 0 Å². The molecule has 3 saturated carbocycles. The standard InChI is InChI=1S/C32H32F6O2/c1-29-17-26(20-4-2-18(3-5-20)19-6-9-22(33)10-7-19)28-24-13-11-23(39)16-21(24)8-12-25(28)27(29)14-15-30(29,40)31(34,35)32(36,37)38/h2-7,9-10,16,24-28,40H,8,11-15,17H2,1H3/t24-,25-,26+,27-,28+,29-,30-/m0/s1. The lowest BCUT2D eigenvalue weighted by molar-refractivity contribution is -0.364. The van der Waals surface area contributed by atoms with Gasteiger partial charge < -0.3 is 5.11 Å². The van der Waals surface area contributed by atoms with Gasteiger partial charge in [-0.2, -0.15) is 22.0 Å². The minimum absolute atomic E-state index is 0.00533. The highest BCUT2D eigenvalue weighted by molar-refractivity contribution is 5.91. The van der Waals surface area contributed by atoms with Crippen LogP contribution in [0, 0.1) is 34.9 Å². The van der Waals surface area contributed by atoms with E-state index in [0.29, 0.717) is 25.7 Å². The van der Waals surface area contributed by atoms with Gasteiger partial charge >= 0.3 is 12.1 Å². The van der Waals surface area contributed by atoms with Gasteiger partial charge in [0.05, 0.1) is 0 Å². The first-order valence-electron chi connectivity index (χ1n) is 14.0. The normalized spacial score (nSPS) is 36.0. The molecule has 2 nitrogen and oxygen atoms in total. The van der Waals surface area contributed by atoms with Crippen molar-refractivity contribution in [3.8, 4) is 11.1 Å². The summed E-state index contributed by atoms with van der Waals surface area (Å²) in [6, 6.07) is 13.5. The van der Waals surface area contributed by atoms with Crippen molar-refractivity contribution in [2.24, 2.45) is 29.1 Å². The van der Waals surface area contributed by atoms with Crippen LogP contribution in [0.25, 0.3) is 11.1 Å². The number of aliphatic hydroxyl groups is 1. The summed E-state index contributed by atoms with van der Waals surface area (Å²) in [5, 5.41) is 11.4. The van der Waals surface area contributed by atoms with Gasteiger partial charge in [0, 0.05) is 11.8 Å². The average molecular weight is 563 g/mol. The van der Waals surface area contributed by atoms with Crippen LogP contribution in [-0.2, 0) is 4.79 Å². The number of benzene rings is 2. The van der Waals surface area contributed by atoms with Gasteiger partial charge in [0.2, 0.25) is 0 Å². The van der Waals surface area contributed by atoms with E-state index in [1.165, 1.54) is 19.1 Å². The lowest BCUT2D eigenvalue weighted by atomic mass is 9.46. The Labute approximate surface area is 229 Å². The zero-order chi connectivity index (χ0) is 28.7. The summed E-state index contributed by atoms with van der Waals surface area (Å²) in [5.41, 5.74) is -1.36. The van der Waals surface area contributed by atoms with Crippen LogP contribution in [-0.4, -0.2) is 28.6 Å². The fourth-order valence-corrected chi connectivity index (χ4v) is 8.97. The molecule has 0 spiro atoms. The van der Waals surface area contributed by atoms with E-state index in [9.17, 15) is 27.5 Å². The summed E-state index contributed by atoms with van der Waals surface area (Å²) in [4.78, 5) is 12.2. The molecule has 40 heavy (non-hydrogen) atoms. The van der Waals surface area contributed by atoms with E-state index in [1.807, 2.05) is 24.3 Å². The molecule has 0 saturated heterocycles. The summed E-state index contributed by atoms with van der Waals surface area (Å²) in [5.74, 6) is -6.49. The van der Waals surface area contributed by atoms with Crippen LogP contribution < -0.4 is 0 Å². The molecule has 0 amide bonds. The number of hydrogen-bond acceptors (Lipinski definition) is 2. The molecule has 214 valence electrons. The van der Waals surface area contributed by atoms with Crippen molar-refractivity contribution in [1.82, 2.24) is 0 Å². The third-order valence-electron chi connectivity index (χ3n) is 10.8. The van der Waals surface area contributed by atoms with Crippen molar-refractivity contribution in [3.63, 3.8) is 0 Å². The molecule has 2 aromatic carbocycles. The molecule has 1 N–H and O–H groups in total. The van der Waals surface area contributed by atoms with E-state index in [1.54, 1.807) is 18.2 Å². The van der Waals surface area contributed by atoms with Gasteiger partial charge in [-0.1, -0.05) is 48.9 Å². The van der Waals surface area contributed by atoms with Crippen molar-refractivity contribution in [1.29, 1.82) is 0 Å². The summed E-state index contributed by atoms with van der Waals surface area (Å²) in [7, 11) is 0. The topological polar surface area (TPSA) is 37.3 Å². The molecule has 0 radical (unpaired) electrons. The molecule has 4 aliphatic carbocycles. The number of rotatable bonds is 3. The Bertz CT molecular complexity index is 1330. The number of alkyl halides is 5. The van der Waals surface area contributed by atoms with Crippen LogP contribution in [0.5, 0.6) is 0 Å². The Morgan fingerprint density at radius 3 is 2.10 bits per heavy atom. The second-order valence-electron chi connectivity index (χ2n) is 12.5. The average Bonchev–Trinajstić information content (AvgIpc) is 3.19. The molecule has 0 heterocycles. The van der Waals surface area contributed by atoms with Gasteiger partial charge in [0.1, 0.15) is 11.4 Å². The van der Waals surface area contributed by atoms with Crippen molar-refractivity contribution in [2.75, 3.05) is 0 Å². The fourth-order valence-electron chi connectivity index (χ4n) is 8.97. The van der Waals surface area contributed by atoms with Crippen molar-refractivity contribution in [2.45, 2.75) is 75.5 Å². The highest BCUT2D eigenvalue weighted by Gasteiger charge is 2.79. The van der Waals surface area contributed by atoms with E-state index >= 15 is 8.78 Å². The maximum atomic E-state index is 15.1. The van der Waals surface area contributed by atoms with E-state index in [-0.39, 0.29) is 48.1 Å². The number of hydrogen-bond donors (Lipinski definition) is 1. The fraction of sp³-hybridized carbons (Fsp3) is 0.531. The Morgan fingerprint density at radius 1 is 0.850 bits per heavy atom. The first-order valence-corrected chi connectivity index (χ1v) is 14.0. The minimum atomic E-state index is -5.87. The van der Waals surface area contributed by atoms with Crippen LogP contribution in [0.4, 0.5) is 26.3 Å². The summed E-state index contributed by atoms with van der Waals surface area (Å²) >= 11 is 0. The lowest BCUT2D eigenvalue weighted by Crippen LogP contribution is -2.66. The van der Waals surface area contributed by atoms with Crippen LogP contribution in [0.1, 0.15) is 63.4 Å². The van der Waals surface area contributed by atoms with Gasteiger partial charge in [-0.25, -0.2) is 4.39 Å². The SMILES string of the molecule is C[C@]12C[C@H](c3ccc(-c4ccc(F)cc4)cc3)[C@H]3[C@@H](CCC4=CC(=O)CC[C@@H]43)[C@@H]1CC[C@@]2(O)C(F)(F)C(F)(F)F. The number of fused-ring (bicyclic) bond motifs is 5. The van der Waals surface area contributed by atoms with Gasteiger partial charge in [-0.05, 0) is 103 Å². The van der Waals surface area contributed by atoms with E-state index in [0.717, 1.165) is 22.3 Å². The molecule has 0 aromatic heterocycles. The number of carbonyl (C=O) groups is 1. The number of halogens is 6. The quantitative estimate of drug-likeness (QED) is 0.383. The summed E-state index contributed by atoms with van der Waals surface area (Å²) < 4.78 is 84.8. The maximum Gasteiger partial charge on any atom is 0.456 e. The number of ketones is 1. The van der Waals surface area contributed by atoms with E-state index in [2.05, 4.69) is 0 Å². The Balaban J connectivity index is 1.44. The zero-order valence-electron chi connectivity index (χ0n) is 22.2. The van der Waals surface area contributed by atoms with Crippen LogP contribution >= 0.6 is 0 Å². The van der Waals surface area contributed by atoms with Gasteiger partial charge in [-0.15, -0.1) is 0 Å². The Morgan fingerprint density at radius 2 is 1.48 bits per heavy atom. The third-order valence-corrected chi connectivity index (χ3v) is 10.8. The Hall–Kier alpha value is -2.61. The Kier molecular flexibility index (Phi) is 6.34. The molecule has 0 aliphatic heterocycles. The van der Waals surface area contributed by atoms with Gasteiger partial charge in [0.15, 0.2) is 5.78 Å². The van der Waals surface area contributed by atoms with Crippen LogP contribution in [0.3, 0.4) is 0 Å². The van der Waals surface area contributed by atoms with Gasteiger partial charge in [0.25, 0.3) is 0 Å². The first-order chi connectivity index (χ1) is 18.8. The zero-order valence-corrected chi connectivity index (χ0v) is 22.2. The van der Waals surface area contributed by atoms with Crippen molar-refractivity contribution in [3.05, 3.63) is 71.6 Å². The molecule has 0 unspecified atom stereocenters. The van der Waals surface area contributed by atoms with Crippen LogP contribution in [0.2, 0.25) is 0 Å². The molecule has 3 fully saturated rings. The van der Waals surface area contributed by atoms with E-state index < -0.39 is 35.5 Å². The van der Waals surface area contributed by atoms with Gasteiger partial charge in [-0.3, -0.25) is 4.79 Å². The molecule has 8 heteroatoms. The molecule has 4 aliphatic rings. The van der Waals surface area contributed by atoms with Crippen molar-refractivity contribution < 1.29 is 36.2 Å². The molecular formula is C32H32F6O2. The minimum Gasteiger partial charge on any atom is -0.383 e. The predicted molar refractivity (Wildman–Crippen MR) is 138 cm³/mol. The molecule has 0 bridgehead atoms. The molecule has 6 rings (SSSR count). The second-order valence-corrected chi connectivity index (χ2v) is 12.5. The molecule has 7 atom stereocenters. The summed E-state index contributed by atoms with van der Waals surface area (Å²) in [6.45, 7) is 1.44. The highest BCUT2D eigenvalue weighted by Crippen LogP contribution is 2.71. The number of carbonyl (C=O) groups excluding carboxylic acids is 1. The monoisotopic (exact) mass is 562 g/mol. The van der Waals surface area contributed by atoms with Crippen molar-refractivity contribution >= 4 is 5.78 Å². The molecular weight excluding hydrogens is 530 g/mol. The second kappa shape index (κ2) is 9.20. The summed E-state index contributed by atoms with van der Waals surface area (Å²) in [6.07, 6.45) is -2.40. The first kappa shape index (κ1) is 27.6. The number of allylic oxidation sites excluding steroid dienone is 1. The smallest absolute Gasteiger partial charge is 0.383 e. The van der Waals surface area contributed by atoms with Crippen LogP contribution in [0.15, 0.2) is 60.2 Å².